The molecule has 0 aromatic heterocycles. The third-order valence-electron chi connectivity index (χ3n) is 2.40. The number of methoxy groups -OCH3 is 1. The number of sulfonamides is 1. The minimum atomic E-state index is -3.51. The predicted octanol–water partition coefficient (Wildman–Crippen LogP) is 0.624. The van der Waals surface area contributed by atoms with E-state index in [2.05, 4.69) is 10.0 Å². The summed E-state index contributed by atoms with van der Waals surface area (Å²) < 4.78 is 30.5. The number of hydrogen-bond donors (Lipinski definition) is 3. The average Bonchev–Trinajstić information content (AvgIpc) is 2.29. The number of nitrogens with one attached hydrogen (secondary N) is 2. The predicted molar refractivity (Wildman–Crippen MR) is 72.1 cm³/mol. The highest BCUT2D eigenvalue weighted by atomic mass is 32.2. The topological polar surface area (TPSA) is 93.5 Å². The van der Waals surface area contributed by atoms with Gasteiger partial charge in [0.15, 0.2) is 0 Å². The summed E-state index contributed by atoms with van der Waals surface area (Å²) in [6, 6.07) is 4.85. The number of anilines is 2. The molecule has 1 aromatic carbocycles. The normalized spacial score (nSPS) is 13.3. The molecule has 0 radical (unpaired) electrons. The molecule has 18 heavy (non-hydrogen) atoms. The first kappa shape index (κ1) is 14.7. The van der Waals surface area contributed by atoms with E-state index in [1.807, 2.05) is 6.92 Å². The van der Waals surface area contributed by atoms with E-state index in [-0.39, 0.29) is 16.6 Å². The maximum absolute atomic E-state index is 11.6. The highest BCUT2D eigenvalue weighted by Crippen LogP contribution is 2.22. The van der Waals surface area contributed by atoms with Crippen LogP contribution in [0.3, 0.4) is 0 Å². The van der Waals surface area contributed by atoms with E-state index < -0.39 is 10.0 Å². The Hall–Kier alpha value is -1.31. The molecule has 4 N–H and O–H groups in total. The summed E-state index contributed by atoms with van der Waals surface area (Å²) in [6.07, 6.45) is 0. The van der Waals surface area contributed by atoms with Gasteiger partial charge in [-0.3, -0.25) is 0 Å². The number of hydrogen-bond acceptors (Lipinski definition) is 5. The largest absolute Gasteiger partial charge is 0.398 e. The van der Waals surface area contributed by atoms with Crippen LogP contribution in [-0.4, -0.2) is 35.2 Å². The molecule has 1 unspecified atom stereocenters. The minimum Gasteiger partial charge on any atom is -0.398 e. The lowest BCUT2D eigenvalue weighted by Gasteiger charge is -2.15. The molecule has 0 spiro atoms. The Balaban J connectivity index is 2.93. The van der Waals surface area contributed by atoms with Crippen molar-refractivity contribution in [2.45, 2.75) is 17.9 Å². The zero-order chi connectivity index (χ0) is 13.8. The van der Waals surface area contributed by atoms with Gasteiger partial charge in [-0.05, 0) is 32.2 Å². The lowest BCUT2D eigenvalue weighted by atomic mass is 10.2. The molecule has 0 saturated carbocycles. The zero-order valence-corrected chi connectivity index (χ0v) is 11.5. The number of ether oxygens (including phenoxy) is 1. The van der Waals surface area contributed by atoms with Crippen molar-refractivity contribution < 1.29 is 13.2 Å². The molecular formula is C11H19N3O3S. The van der Waals surface area contributed by atoms with Crippen molar-refractivity contribution in [3.63, 3.8) is 0 Å². The van der Waals surface area contributed by atoms with Gasteiger partial charge in [-0.25, -0.2) is 13.1 Å². The van der Waals surface area contributed by atoms with Crippen LogP contribution in [0.2, 0.25) is 0 Å². The third-order valence-corrected chi connectivity index (χ3v) is 3.89. The monoisotopic (exact) mass is 273 g/mol. The first-order chi connectivity index (χ1) is 8.40. The van der Waals surface area contributed by atoms with Gasteiger partial charge in [-0.2, -0.15) is 0 Å². The molecule has 102 valence electrons. The maximum atomic E-state index is 11.6. The fourth-order valence-corrected chi connectivity index (χ4v) is 2.41. The Bertz CT molecular complexity index is 502. The highest BCUT2D eigenvalue weighted by Gasteiger charge is 2.15. The summed E-state index contributed by atoms with van der Waals surface area (Å²) in [4.78, 5) is 0.0787. The fourth-order valence-electron chi connectivity index (χ4n) is 1.57. The van der Waals surface area contributed by atoms with E-state index in [0.29, 0.717) is 6.61 Å². The van der Waals surface area contributed by atoms with E-state index in [0.717, 1.165) is 5.69 Å². The van der Waals surface area contributed by atoms with Crippen molar-refractivity contribution in [2.75, 3.05) is 31.8 Å². The van der Waals surface area contributed by atoms with Crippen LogP contribution in [-0.2, 0) is 14.8 Å². The molecule has 1 atom stereocenters. The lowest BCUT2D eigenvalue weighted by molar-refractivity contribution is 0.190. The second-order valence-electron chi connectivity index (χ2n) is 3.96. The van der Waals surface area contributed by atoms with Crippen LogP contribution in [0.1, 0.15) is 6.92 Å². The Morgan fingerprint density at radius 2 is 2.11 bits per heavy atom. The van der Waals surface area contributed by atoms with Crippen LogP contribution >= 0.6 is 0 Å². The van der Waals surface area contributed by atoms with Gasteiger partial charge in [-0.15, -0.1) is 0 Å². The summed E-state index contributed by atoms with van der Waals surface area (Å²) in [5, 5.41) is 3.16. The summed E-state index contributed by atoms with van der Waals surface area (Å²) in [5.41, 5.74) is 6.71. The fraction of sp³-hybridized carbons (Fsp3) is 0.455. The second kappa shape index (κ2) is 6.03. The first-order valence-corrected chi connectivity index (χ1v) is 6.97. The van der Waals surface area contributed by atoms with Crippen molar-refractivity contribution in [1.82, 2.24) is 4.72 Å². The first-order valence-electron chi connectivity index (χ1n) is 5.49. The SMILES string of the molecule is CNS(=O)(=O)c1ccc(NC(C)COC)cc1N. The molecule has 1 aromatic rings. The number of benzene rings is 1. The Morgan fingerprint density at radius 1 is 1.44 bits per heavy atom. The minimum absolute atomic E-state index is 0.0787. The number of nitrogen functional groups attached to an aromatic ring is 1. The van der Waals surface area contributed by atoms with Gasteiger partial charge in [0.25, 0.3) is 0 Å². The molecule has 0 heterocycles. The van der Waals surface area contributed by atoms with E-state index in [1.165, 1.54) is 13.1 Å². The quantitative estimate of drug-likeness (QED) is 0.661. The van der Waals surface area contributed by atoms with Crippen molar-refractivity contribution in [2.24, 2.45) is 0 Å². The average molecular weight is 273 g/mol. The van der Waals surface area contributed by atoms with Crippen LogP contribution in [0.5, 0.6) is 0 Å². The molecule has 0 bridgehead atoms. The van der Waals surface area contributed by atoms with Gasteiger partial charge in [0.1, 0.15) is 4.90 Å². The molecule has 0 aliphatic rings. The summed E-state index contributed by atoms with van der Waals surface area (Å²) in [6.45, 7) is 2.51. The molecule has 6 nitrogen and oxygen atoms in total. The van der Waals surface area contributed by atoms with Gasteiger partial charge in [-0.1, -0.05) is 0 Å². The summed E-state index contributed by atoms with van der Waals surface area (Å²) in [7, 11) is -0.543. The van der Waals surface area contributed by atoms with Gasteiger partial charge in [0.2, 0.25) is 10.0 Å². The van der Waals surface area contributed by atoms with Crippen LogP contribution in [0, 0.1) is 0 Å². The molecule has 0 amide bonds. The molecule has 1 rings (SSSR count). The van der Waals surface area contributed by atoms with Gasteiger partial charge in [0.05, 0.1) is 12.3 Å². The van der Waals surface area contributed by atoms with Crippen molar-refractivity contribution in [1.29, 1.82) is 0 Å². The highest BCUT2D eigenvalue weighted by molar-refractivity contribution is 7.89. The van der Waals surface area contributed by atoms with E-state index in [9.17, 15) is 8.42 Å². The zero-order valence-electron chi connectivity index (χ0n) is 10.7. The molecule has 0 aliphatic heterocycles. The van der Waals surface area contributed by atoms with Crippen molar-refractivity contribution in [3.8, 4) is 0 Å². The van der Waals surface area contributed by atoms with Gasteiger partial charge >= 0.3 is 0 Å². The lowest BCUT2D eigenvalue weighted by Crippen LogP contribution is -2.22. The summed E-state index contributed by atoms with van der Waals surface area (Å²) in [5.74, 6) is 0. The van der Waals surface area contributed by atoms with Crippen molar-refractivity contribution >= 4 is 21.4 Å². The maximum Gasteiger partial charge on any atom is 0.242 e. The Kier molecular flexibility index (Phi) is 4.94. The Labute approximate surface area is 108 Å². The number of rotatable bonds is 6. The van der Waals surface area contributed by atoms with Gasteiger partial charge < -0.3 is 15.8 Å². The molecule has 0 fully saturated rings. The Morgan fingerprint density at radius 3 is 2.61 bits per heavy atom. The second-order valence-corrected chi connectivity index (χ2v) is 5.82. The molecule has 0 saturated heterocycles. The van der Waals surface area contributed by atoms with Crippen LogP contribution < -0.4 is 15.8 Å². The van der Waals surface area contributed by atoms with E-state index in [1.54, 1.807) is 19.2 Å². The van der Waals surface area contributed by atoms with Crippen molar-refractivity contribution in [3.05, 3.63) is 18.2 Å². The standard InChI is InChI=1S/C11H19N3O3S/c1-8(7-17-3)14-9-4-5-11(10(12)6-9)18(15,16)13-2/h4-6,8,13-14H,7,12H2,1-3H3. The van der Waals surface area contributed by atoms with Gasteiger partial charge in [0, 0.05) is 18.8 Å². The van der Waals surface area contributed by atoms with Crippen LogP contribution in [0.25, 0.3) is 0 Å². The number of nitrogens with two attached hydrogens (primary N) is 1. The third kappa shape index (κ3) is 3.59. The molecule has 7 heteroatoms. The van der Waals surface area contributed by atoms with E-state index >= 15 is 0 Å². The summed E-state index contributed by atoms with van der Waals surface area (Å²) >= 11 is 0. The van der Waals surface area contributed by atoms with E-state index in [4.69, 9.17) is 10.5 Å². The smallest absolute Gasteiger partial charge is 0.242 e. The molecule has 0 aliphatic carbocycles. The van der Waals surface area contributed by atoms with Crippen LogP contribution in [0.15, 0.2) is 23.1 Å². The van der Waals surface area contributed by atoms with Crippen LogP contribution in [0.4, 0.5) is 11.4 Å². The molecular weight excluding hydrogens is 254 g/mol.